The average molecular weight is 392 g/mol. The molecule has 0 fully saturated rings. The van der Waals surface area contributed by atoms with Crippen LogP contribution < -0.4 is 5.43 Å². The second-order valence-electron chi connectivity index (χ2n) is 8.02. The van der Waals surface area contributed by atoms with Gasteiger partial charge in [0.1, 0.15) is 6.10 Å². The molecule has 1 amide bonds. The topological polar surface area (TPSA) is 67.8 Å². The maximum Gasteiger partial charge on any atom is 0.339 e. The van der Waals surface area contributed by atoms with Gasteiger partial charge in [0, 0.05) is 12.0 Å². The molecule has 1 aliphatic rings. The zero-order chi connectivity index (χ0) is 20.9. The fourth-order valence-corrected chi connectivity index (χ4v) is 3.07. The maximum atomic E-state index is 12.2. The van der Waals surface area contributed by atoms with Gasteiger partial charge in [-0.2, -0.15) is 5.10 Å². The molecular formula is C23H26N3O3+. The van der Waals surface area contributed by atoms with Gasteiger partial charge in [-0.15, -0.1) is 0 Å². The number of esters is 1. The van der Waals surface area contributed by atoms with E-state index in [9.17, 15) is 9.59 Å². The van der Waals surface area contributed by atoms with Crippen LogP contribution in [0.15, 0.2) is 65.8 Å². The molecule has 1 atom stereocenters. The summed E-state index contributed by atoms with van der Waals surface area (Å²) < 4.78 is 6.04. The summed E-state index contributed by atoms with van der Waals surface area (Å²) in [6.45, 7) is 0.306. The first kappa shape index (κ1) is 20.5. The number of hydrogen-bond donors (Lipinski definition) is 1. The maximum absolute atomic E-state index is 12.2. The third-order valence-corrected chi connectivity index (χ3v) is 4.38. The predicted octanol–water partition coefficient (Wildman–Crippen LogP) is 3.18. The zero-order valence-corrected chi connectivity index (χ0v) is 17.0. The van der Waals surface area contributed by atoms with E-state index in [0.717, 1.165) is 11.1 Å². The van der Waals surface area contributed by atoms with Gasteiger partial charge in [0.25, 0.3) is 5.91 Å². The second kappa shape index (κ2) is 8.84. The van der Waals surface area contributed by atoms with Crippen LogP contribution in [0.1, 0.15) is 34.0 Å². The van der Waals surface area contributed by atoms with Gasteiger partial charge in [-0.3, -0.25) is 4.79 Å². The van der Waals surface area contributed by atoms with Gasteiger partial charge in [0.15, 0.2) is 6.54 Å². The molecular weight excluding hydrogens is 366 g/mol. The summed E-state index contributed by atoms with van der Waals surface area (Å²) in [6, 6.07) is 17.2. The quantitative estimate of drug-likeness (QED) is 0.341. The number of quaternary nitrogens is 1. The number of hydrogen-bond acceptors (Lipinski definition) is 4. The van der Waals surface area contributed by atoms with E-state index >= 15 is 0 Å². The summed E-state index contributed by atoms with van der Waals surface area (Å²) >= 11 is 0. The summed E-state index contributed by atoms with van der Waals surface area (Å²) in [5, 5.41) is 4.31. The Morgan fingerprint density at radius 3 is 2.52 bits per heavy atom. The van der Waals surface area contributed by atoms with Crippen molar-refractivity contribution in [2.45, 2.75) is 12.5 Å². The molecule has 0 saturated carbocycles. The molecule has 2 aromatic carbocycles. The summed E-state index contributed by atoms with van der Waals surface area (Å²) in [7, 11) is 5.82. The summed E-state index contributed by atoms with van der Waals surface area (Å²) in [4.78, 5) is 24.3. The number of hydrazone groups is 1. The van der Waals surface area contributed by atoms with Crippen molar-refractivity contribution in [1.82, 2.24) is 5.43 Å². The van der Waals surface area contributed by atoms with Crippen molar-refractivity contribution < 1.29 is 18.8 Å². The second-order valence-corrected chi connectivity index (χ2v) is 8.02. The van der Waals surface area contributed by atoms with Gasteiger partial charge >= 0.3 is 5.97 Å². The lowest BCUT2D eigenvalue weighted by Crippen LogP contribution is -2.43. The Hall–Kier alpha value is -3.25. The van der Waals surface area contributed by atoms with E-state index in [0.29, 0.717) is 28.7 Å². The van der Waals surface area contributed by atoms with Gasteiger partial charge in [-0.25, -0.2) is 10.2 Å². The minimum atomic E-state index is -0.423. The molecule has 0 aliphatic carbocycles. The van der Waals surface area contributed by atoms with Crippen LogP contribution in [0, 0.1) is 0 Å². The van der Waals surface area contributed by atoms with Crippen LogP contribution in [0.3, 0.4) is 0 Å². The third kappa shape index (κ3) is 5.86. The molecule has 6 nitrogen and oxygen atoms in total. The molecule has 3 rings (SSSR count). The lowest BCUT2D eigenvalue weighted by atomic mass is 10.0. The molecule has 1 unspecified atom stereocenters. The fraction of sp³-hybridized carbons (Fsp3) is 0.261. The largest absolute Gasteiger partial charge is 0.453 e. The van der Waals surface area contributed by atoms with Gasteiger partial charge in [0.05, 0.1) is 32.4 Å². The number of likely N-dealkylation sites (N-methyl/N-ethyl adjacent to an activating group) is 1. The molecule has 0 saturated heterocycles. The van der Waals surface area contributed by atoms with Crippen molar-refractivity contribution in [3.8, 4) is 0 Å². The number of benzene rings is 2. The average Bonchev–Trinajstić information content (AvgIpc) is 2.99. The van der Waals surface area contributed by atoms with Crippen LogP contribution in [0.2, 0.25) is 0 Å². The van der Waals surface area contributed by atoms with Gasteiger partial charge in [-0.1, -0.05) is 54.6 Å². The van der Waals surface area contributed by atoms with Crippen molar-refractivity contribution in [3.63, 3.8) is 0 Å². The number of carbonyl (C=O) groups is 2. The highest BCUT2D eigenvalue weighted by atomic mass is 16.5. The number of rotatable bonds is 7. The van der Waals surface area contributed by atoms with Crippen molar-refractivity contribution >= 4 is 23.7 Å². The smallest absolute Gasteiger partial charge is 0.339 e. The van der Waals surface area contributed by atoms with Gasteiger partial charge in [-0.05, 0) is 17.7 Å². The summed E-state index contributed by atoms with van der Waals surface area (Å²) in [5.74, 6) is -0.502. The van der Waals surface area contributed by atoms with Gasteiger partial charge < -0.3 is 9.22 Å². The lowest BCUT2D eigenvalue weighted by molar-refractivity contribution is -0.862. The van der Waals surface area contributed by atoms with E-state index in [1.165, 1.54) is 0 Å². The van der Waals surface area contributed by atoms with Crippen molar-refractivity contribution in [2.75, 3.05) is 27.7 Å². The minimum absolute atomic E-state index is 0.174. The molecule has 6 heteroatoms. The van der Waals surface area contributed by atoms with Crippen LogP contribution in [0.25, 0.3) is 6.08 Å². The van der Waals surface area contributed by atoms with Crippen LogP contribution in [-0.2, 0) is 9.53 Å². The molecule has 0 bridgehead atoms. The number of amides is 1. The number of nitrogens with zero attached hydrogens (tertiary/aromatic N) is 2. The Labute approximate surface area is 171 Å². The van der Waals surface area contributed by atoms with Crippen molar-refractivity contribution in [2.24, 2.45) is 5.10 Å². The normalized spacial score (nSPS) is 16.6. The highest BCUT2D eigenvalue weighted by molar-refractivity contribution is 6.01. The number of allylic oxidation sites excluding steroid dienone is 1. The number of ether oxygens (including phenoxy) is 1. The monoisotopic (exact) mass is 392 g/mol. The van der Waals surface area contributed by atoms with E-state index in [-0.39, 0.29) is 11.9 Å². The Bertz CT molecular complexity index is 943. The molecule has 29 heavy (non-hydrogen) atoms. The predicted molar refractivity (Wildman–Crippen MR) is 113 cm³/mol. The molecule has 150 valence electrons. The van der Waals surface area contributed by atoms with E-state index in [2.05, 4.69) is 10.5 Å². The number of nitrogens with one attached hydrogen (secondary N) is 1. The molecule has 0 radical (unpaired) electrons. The van der Waals surface area contributed by atoms with Gasteiger partial charge in [0.2, 0.25) is 0 Å². The standard InChI is InChI=1S/C23H25N3O3/c1-26(2,3)16-22(27)25-24-18(14-13-17-9-5-4-6-10-17)15-21-19-11-7-8-12-20(19)23(28)29-21/h4-14,21H,15-16H2,1-3H3/p+1. The molecule has 1 aliphatic heterocycles. The summed E-state index contributed by atoms with van der Waals surface area (Å²) in [6.07, 6.45) is 3.72. The van der Waals surface area contributed by atoms with E-state index in [4.69, 9.17) is 4.74 Å². The van der Waals surface area contributed by atoms with Crippen molar-refractivity contribution in [1.29, 1.82) is 0 Å². The molecule has 0 spiro atoms. The van der Waals surface area contributed by atoms with Crippen LogP contribution in [0.5, 0.6) is 0 Å². The Balaban J connectivity index is 1.79. The lowest BCUT2D eigenvalue weighted by Gasteiger charge is -2.22. The van der Waals surface area contributed by atoms with Crippen molar-refractivity contribution in [3.05, 3.63) is 77.4 Å². The molecule has 0 aromatic heterocycles. The van der Waals surface area contributed by atoms with E-state index < -0.39 is 6.10 Å². The fourth-order valence-electron chi connectivity index (χ4n) is 3.07. The highest BCUT2D eigenvalue weighted by Crippen LogP contribution is 2.33. The first-order valence-corrected chi connectivity index (χ1v) is 9.51. The number of carbonyl (C=O) groups excluding carboxylic acids is 2. The van der Waals surface area contributed by atoms with E-state index in [1.54, 1.807) is 6.07 Å². The van der Waals surface area contributed by atoms with Crippen LogP contribution in [0.4, 0.5) is 0 Å². The van der Waals surface area contributed by atoms with Crippen LogP contribution in [-0.4, -0.2) is 49.8 Å². The summed E-state index contributed by atoms with van der Waals surface area (Å²) in [5.41, 5.74) is 5.69. The molecule has 1 N–H and O–H groups in total. The number of cyclic esters (lactones) is 1. The molecule has 2 aromatic rings. The first-order valence-electron chi connectivity index (χ1n) is 9.51. The third-order valence-electron chi connectivity index (χ3n) is 4.38. The molecule has 1 heterocycles. The SMILES string of the molecule is C[N+](C)(C)CC(=O)NN=C(C=Cc1ccccc1)CC1OC(=O)c2ccccc21. The minimum Gasteiger partial charge on any atom is -0.453 e. The number of fused-ring (bicyclic) bond motifs is 1. The highest BCUT2D eigenvalue weighted by Gasteiger charge is 2.31. The zero-order valence-electron chi connectivity index (χ0n) is 17.0. The Morgan fingerprint density at radius 2 is 1.79 bits per heavy atom. The Morgan fingerprint density at radius 1 is 1.10 bits per heavy atom. The Kier molecular flexibility index (Phi) is 6.24. The first-order chi connectivity index (χ1) is 13.8. The van der Waals surface area contributed by atoms with Crippen LogP contribution >= 0.6 is 0 Å². The van der Waals surface area contributed by atoms with E-state index in [1.807, 2.05) is 81.8 Å².